The number of hydrogen-bond acceptors (Lipinski definition) is 6. The van der Waals surface area contributed by atoms with Gasteiger partial charge in [0.15, 0.2) is 5.92 Å². The van der Waals surface area contributed by atoms with Crippen LogP contribution in [0.15, 0.2) is 53.5 Å². The molecule has 7 nitrogen and oxygen atoms in total. The van der Waals surface area contributed by atoms with E-state index in [0.29, 0.717) is 24.1 Å². The topological polar surface area (TPSA) is 74.2 Å². The number of rotatable bonds is 4. The minimum atomic E-state index is -1.00. The molecule has 0 radical (unpaired) electrons. The molecular weight excluding hydrogens is 428 g/mol. The normalized spacial score (nSPS) is 21.1. The van der Waals surface area contributed by atoms with E-state index in [1.807, 2.05) is 55.5 Å². The molecule has 2 heterocycles. The number of amides is 1. The van der Waals surface area contributed by atoms with E-state index in [2.05, 4.69) is 15.1 Å². The summed E-state index contributed by atoms with van der Waals surface area (Å²) in [6.45, 7) is 6.90. The Balaban J connectivity index is 1.56. The van der Waals surface area contributed by atoms with Gasteiger partial charge < -0.3 is 14.5 Å². The number of nitrogens with zero attached hydrogens (tertiary/aromatic N) is 3. The van der Waals surface area contributed by atoms with E-state index < -0.39 is 17.9 Å². The summed E-state index contributed by atoms with van der Waals surface area (Å²) in [6.07, 6.45) is 0. The number of esters is 1. The molecule has 2 aromatic rings. The number of benzene rings is 2. The monoisotopic (exact) mass is 454 g/mol. The SMILES string of the molecule is CCOC(=O)[C@@H]1C(=O)NC(N2CCN(c3ccc(Cl)cc3)CC2)=N[C@H]1c1cccc(C)c1. The Labute approximate surface area is 193 Å². The Morgan fingerprint density at radius 3 is 2.47 bits per heavy atom. The summed E-state index contributed by atoms with van der Waals surface area (Å²) in [4.78, 5) is 34.8. The van der Waals surface area contributed by atoms with Crippen molar-refractivity contribution in [3.05, 3.63) is 64.7 Å². The molecule has 0 unspecified atom stereocenters. The zero-order chi connectivity index (χ0) is 22.7. The Kier molecular flexibility index (Phi) is 6.65. The van der Waals surface area contributed by atoms with E-state index >= 15 is 0 Å². The van der Waals surface area contributed by atoms with Crippen LogP contribution in [0.25, 0.3) is 0 Å². The van der Waals surface area contributed by atoms with Crippen LogP contribution in [0.2, 0.25) is 5.02 Å². The Morgan fingerprint density at radius 1 is 1.12 bits per heavy atom. The fraction of sp³-hybridized carbons (Fsp3) is 0.375. The molecule has 0 bridgehead atoms. The molecule has 8 heteroatoms. The van der Waals surface area contributed by atoms with Crippen molar-refractivity contribution in [1.82, 2.24) is 10.2 Å². The lowest BCUT2D eigenvalue weighted by Gasteiger charge is -2.39. The molecule has 0 aromatic heterocycles. The summed E-state index contributed by atoms with van der Waals surface area (Å²) in [5, 5.41) is 3.57. The predicted molar refractivity (Wildman–Crippen MR) is 125 cm³/mol. The first-order valence-electron chi connectivity index (χ1n) is 10.8. The summed E-state index contributed by atoms with van der Waals surface area (Å²) in [5.74, 6) is -1.42. The summed E-state index contributed by atoms with van der Waals surface area (Å²) in [7, 11) is 0. The van der Waals surface area contributed by atoms with Crippen molar-refractivity contribution in [2.75, 3.05) is 37.7 Å². The van der Waals surface area contributed by atoms with Crippen LogP contribution in [-0.2, 0) is 14.3 Å². The van der Waals surface area contributed by atoms with Gasteiger partial charge in [-0.25, -0.2) is 4.99 Å². The number of guanidine groups is 1. The van der Waals surface area contributed by atoms with Crippen LogP contribution in [0, 0.1) is 12.8 Å². The molecule has 4 rings (SSSR count). The number of carbonyl (C=O) groups excluding carboxylic acids is 2. The van der Waals surface area contributed by atoms with Crippen LogP contribution in [0.5, 0.6) is 0 Å². The van der Waals surface area contributed by atoms with Gasteiger partial charge in [0.05, 0.1) is 6.61 Å². The molecule has 1 saturated heterocycles. The highest BCUT2D eigenvalue weighted by Gasteiger charge is 2.42. The number of piperazine rings is 1. The first-order chi connectivity index (χ1) is 15.5. The second-order valence-electron chi connectivity index (χ2n) is 7.98. The molecule has 32 heavy (non-hydrogen) atoms. The number of halogens is 1. The van der Waals surface area contributed by atoms with Crippen LogP contribution in [0.1, 0.15) is 24.1 Å². The Morgan fingerprint density at radius 2 is 1.81 bits per heavy atom. The van der Waals surface area contributed by atoms with Gasteiger partial charge in [0.1, 0.15) is 6.04 Å². The number of anilines is 1. The molecule has 1 amide bonds. The highest BCUT2D eigenvalue weighted by Crippen LogP contribution is 2.31. The minimum Gasteiger partial charge on any atom is -0.465 e. The zero-order valence-electron chi connectivity index (χ0n) is 18.3. The van der Waals surface area contributed by atoms with Crippen molar-refractivity contribution in [3.8, 4) is 0 Å². The smallest absolute Gasteiger partial charge is 0.321 e. The molecule has 168 valence electrons. The number of ether oxygens (including phenoxy) is 1. The van der Waals surface area contributed by atoms with Crippen molar-refractivity contribution < 1.29 is 14.3 Å². The maximum Gasteiger partial charge on any atom is 0.321 e. The van der Waals surface area contributed by atoms with Crippen LogP contribution >= 0.6 is 11.6 Å². The van der Waals surface area contributed by atoms with Gasteiger partial charge >= 0.3 is 5.97 Å². The Bertz CT molecular complexity index is 1020. The van der Waals surface area contributed by atoms with Crippen molar-refractivity contribution >= 4 is 35.1 Å². The van der Waals surface area contributed by atoms with E-state index in [9.17, 15) is 9.59 Å². The first-order valence-corrected chi connectivity index (χ1v) is 11.2. The predicted octanol–water partition coefficient (Wildman–Crippen LogP) is 3.18. The van der Waals surface area contributed by atoms with Crippen molar-refractivity contribution in [2.24, 2.45) is 10.9 Å². The molecule has 0 saturated carbocycles. The molecule has 0 aliphatic carbocycles. The molecule has 0 spiro atoms. The zero-order valence-corrected chi connectivity index (χ0v) is 19.0. The van der Waals surface area contributed by atoms with Gasteiger partial charge in [-0.15, -0.1) is 0 Å². The first kappa shape index (κ1) is 22.1. The van der Waals surface area contributed by atoms with Gasteiger partial charge in [-0.1, -0.05) is 41.4 Å². The molecule has 1 N–H and O–H groups in total. The fourth-order valence-electron chi connectivity index (χ4n) is 4.15. The van der Waals surface area contributed by atoms with Gasteiger partial charge in [-0.2, -0.15) is 0 Å². The second kappa shape index (κ2) is 9.61. The quantitative estimate of drug-likeness (QED) is 0.567. The molecule has 2 aliphatic heterocycles. The van der Waals surface area contributed by atoms with Gasteiger partial charge in [-0.05, 0) is 43.7 Å². The standard InChI is InChI=1S/C24H27ClN4O3/c1-3-32-23(31)20-21(17-6-4-5-16(2)15-17)26-24(27-22(20)30)29-13-11-28(12-14-29)19-9-7-18(25)8-10-19/h4-10,15,20-21H,3,11-14H2,1-2H3,(H,26,27,30)/t20-,21-/m0/s1. The fourth-order valence-corrected chi connectivity index (χ4v) is 4.27. The highest BCUT2D eigenvalue weighted by atomic mass is 35.5. The lowest BCUT2D eigenvalue weighted by atomic mass is 9.90. The Hall–Kier alpha value is -3.06. The van der Waals surface area contributed by atoms with E-state index in [1.54, 1.807) is 6.92 Å². The van der Waals surface area contributed by atoms with E-state index in [1.165, 1.54) is 0 Å². The van der Waals surface area contributed by atoms with Crippen molar-refractivity contribution in [1.29, 1.82) is 0 Å². The number of aliphatic imine (C=N–C) groups is 1. The number of hydrogen-bond donors (Lipinski definition) is 1. The molecule has 1 fully saturated rings. The third kappa shape index (κ3) is 4.72. The second-order valence-corrected chi connectivity index (χ2v) is 8.42. The van der Waals surface area contributed by atoms with Gasteiger partial charge in [0.2, 0.25) is 11.9 Å². The average Bonchev–Trinajstić information content (AvgIpc) is 2.79. The van der Waals surface area contributed by atoms with E-state index in [4.69, 9.17) is 21.3 Å². The van der Waals surface area contributed by atoms with E-state index in [0.717, 1.165) is 29.9 Å². The van der Waals surface area contributed by atoms with Gasteiger partial charge in [-0.3, -0.25) is 14.9 Å². The summed E-state index contributed by atoms with van der Waals surface area (Å²) in [5.41, 5.74) is 2.99. The van der Waals surface area contributed by atoms with Crippen molar-refractivity contribution in [2.45, 2.75) is 19.9 Å². The molecule has 2 atom stereocenters. The highest BCUT2D eigenvalue weighted by molar-refractivity contribution is 6.30. The maximum absolute atomic E-state index is 13.0. The number of aryl methyl sites for hydroxylation is 1. The number of carbonyl (C=O) groups is 2. The average molecular weight is 455 g/mol. The van der Waals surface area contributed by atoms with Crippen LogP contribution in [0.3, 0.4) is 0 Å². The lowest BCUT2D eigenvalue weighted by Crippen LogP contribution is -2.57. The minimum absolute atomic E-state index is 0.215. The third-order valence-electron chi connectivity index (χ3n) is 5.79. The maximum atomic E-state index is 13.0. The molecule has 2 aliphatic rings. The van der Waals surface area contributed by atoms with Crippen molar-refractivity contribution in [3.63, 3.8) is 0 Å². The van der Waals surface area contributed by atoms with Crippen LogP contribution in [-0.4, -0.2) is 55.5 Å². The summed E-state index contributed by atoms with van der Waals surface area (Å²) < 4.78 is 5.19. The summed E-state index contributed by atoms with van der Waals surface area (Å²) >= 11 is 6.00. The van der Waals surface area contributed by atoms with Crippen LogP contribution < -0.4 is 10.2 Å². The van der Waals surface area contributed by atoms with Crippen LogP contribution in [0.4, 0.5) is 5.69 Å². The lowest BCUT2D eigenvalue weighted by molar-refractivity contribution is -0.153. The molecule has 2 aromatic carbocycles. The molecular formula is C24H27ClN4O3. The van der Waals surface area contributed by atoms with E-state index in [-0.39, 0.29) is 12.5 Å². The van der Waals surface area contributed by atoms with Gasteiger partial charge in [0.25, 0.3) is 0 Å². The summed E-state index contributed by atoms with van der Waals surface area (Å²) in [6, 6.07) is 14.9. The third-order valence-corrected chi connectivity index (χ3v) is 6.04. The number of nitrogens with one attached hydrogen (secondary N) is 1. The van der Waals surface area contributed by atoms with Gasteiger partial charge in [0, 0.05) is 36.9 Å². The largest absolute Gasteiger partial charge is 0.465 e.